The van der Waals surface area contributed by atoms with Gasteiger partial charge in [0, 0.05) is 19.2 Å². The maximum atomic E-state index is 11.8. The van der Waals surface area contributed by atoms with Crippen LogP contribution in [0.2, 0.25) is 0 Å². The largest absolute Gasteiger partial charge is 0.481 e. The fraction of sp³-hybridized carbons (Fsp3) is 0.429. The Hall–Kier alpha value is -1.88. The maximum absolute atomic E-state index is 11.8. The van der Waals surface area contributed by atoms with E-state index < -0.39 is 11.9 Å². The Labute approximate surface area is 112 Å². The van der Waals surface area contributed by atoms with Gasteiger partial charge in [-0.15, -0.1) is 0 Å². The molecule has 0 aliphatic heterocycles. The highest BCUT2D eigenvalue weighted by Gasteiger charge is 2.11. The van der Waals surface area contributed by atoms with Crippen molar-refractivity contribution in [2.75, 3.05) is 13.7 Å². The first-order valence-electron chi connectivity index (χ1n) is 6.13. The molecule has 1 rings (SSSR count). The summed E-state index contributed by atoms with van der Waals surface area (Å²) < 4.78 is 4.99. The van der Waals surface area contributed by atoms with E-state index in [1.54, 1.807) is 26.2 Å². The number of methoxy groups -OCH3 is 1. The van der Waals surface area contributed by atoms with Crippen LogP contribution < -0.4 is 5.32 Å². The summed E-state index contributed by atoms with van der Waals surface area (Å²) in [4.78, 5) is 22.4. The lowest BCUT2D eigenvalue weighted by atomic mass is 10.1. The lowest BCUT2D eigenvalue weighted by molar-refractivity contribution is -0.141. The van der Waals surface area contributed by atoms with Crippen LogP contribution in [0.4, 0.5) is 0 Å². The van der Waals surface area contributed by atoms with Crippen LogP contribution in [0.5, 0.6) is 0 Å². The number of benzene rings is 1. The number of ether oxygens (including phenoxy) is 1. The van der Waals surface area contributed by atoms with Gasteiger partial charge in [0.05, 0.1) is 12.5 Å². The van der Waals surface area contributed by atoms with Crippen LogP contribution in [0, 0.1) is 5.92 Å². The predicted molar refractivity (Wildman–Crippen MR) is 70.9 cm³/mol. The van der Waals surface area contributed by atoms with Crippen molar-refractivity contribution in [1.82, 2.24) is 5.32 Å². The normalized spacial score (nSPS) is 11.9. The van der Waals surface area contributed by atoms with Crippen molar-refractivity contribution in [3.05, 3.63) is 35.4 Å². The molecule has 0 aromatic heterocycles. The summed E-state index contributed by atoms with van der Waals surface area (Å²) in [5.41, 5.74) is 1.56. The number of carboxylic acids is 1. The molecule has 19 heavy (non-hydrogen) atoms. The SMILES string of the molecule is COCc1ccc(C(=O)NCCC(C)C(=O)O)cc1. The molecule has 5 nitrogen and oxygen atoms in total. The second-order valence-corrected chi connectivity index (χ2v) is 4.41. The molecule has 0 bridgehead atoms. The first kappa shape index (κ1) is 15.2. The molecule has 0 aliphatic rings. The first-order valence-corrected chi connectivity index (χ1v) is 6.13. The zero-order chi connectivity index (χ0) is 14.3. The molecule has 0 radical (unpaired) electrons. The molecule has 0 aliphatic carbocycles. The summed E-state index contributed by atoms with van der Waals surface area (Å²) in [7, 11) is 1.62. The molecule has 5 heteroatoms. The Morgan fingerprint density at radius 1 is 1.32 bits per heavy atom. The van der Waals surface area contributed by atoms with Gasteiger partial charge >= 0.3 is 5.97 Å². The maximum Gasteiger partial charge on any atom is 0.306 e. The average molecular weight is 265 g/mol. The van der Waals surface area contributed by atoms with Crippen molar-refractivity contribution >= 4 is 11.9 Å². The van der Waals surface area contributed by atoms with Crippen molar-refractivity contribution in [2.24, 2.45) is 5.92 Å². The second kappa shape index (κ2) is 7.53. The Morgan fingerprint density at radius 3 is 2.47 bits per heavy atom. The third-order valence-corrected chi connectivity index (χ3v) is 2.81. The van der Waals surface area contributed by atoms with E-state index >= 15 is 0 Å². The van der Waals surface area contributed by atoms with Gasteiger partial charge in [-0.25, -0.2) is 0 Å². The highest BCUT2D eigenvalue weighted by molar-refractivity contribution is 5.94. The summed E-state index contributed by atoms with van der Waals surface area (Å²) in [6.45, 7) is 2.48. The molecule has 0 heterocycles. The van der Waals surface area contributed by atoms with Crippen molar-refractivity contribution in [3.8, 4) is 0 Å². The summed E-state index contributed by atoms with van der Waals surface area (Å²) in [6.07, 6.45) is 0.419. The third kappa shape index (κ3) is 5.09. The number of carboxylic acid groups (broad SMARTS) is 1. The van der Waals surface area contributed by atoms with Gasteiger partial charge < -0.3 is 15.2 Å². The Morgan fingerprint density at radius 2 is 1.95 bits per heavy atom. The summed E-state index contributed by atoms with van der Waals surface area (Å²) >= 11 is 0. The van der Waals surface area contributed by atoms with E-state index in [1.165, 1.54) is 0 Å². The van der Waals surface area contributed by atoms with E-state index in [-0.39, 0.29) is 5.91 Å². The molecule has 1 aromatic rings. The highest BCUT2D eigenvalue weighted by atomic mass is 16.5. The minimum absolute atomic E-state index is 0.193. The van der Waals surface area contributed by atoms with Crippen LogP contribution in [0.15, 0.2) is 24.3 Å². The molecule has 0 fully saturated rings. The van der Waals surface area contributed by atoms with Crippen molar-refractivity contribution < 1.29 is 19.4 Å². The van der Waals surface area contributed by atoms with Crippen LogP contribution in [-0.2, 0) is 16.1 Å². The fourth-order valence-electron chi connectivity index (χ4n) is 1.55. The third-order valence-electron chi connectivity index (χ3n) is 2.81. The Kier molecular flexibility index (Phi) is 6.02. The van der Waals surface area contributed by atoms with E-state index in [0.29, 0.717) is 25.1 Å². The number of rotatable bonds is 7. The quantitative estimate of drug-likeness (QED) is 0.786. The monoisotopic (exact) mass is 265 g/mol. The minimum Gasteiger partial charge on any atom is -0.481 e. The lowest BCUT2D eigenvalue weighted by Gasteiger charge is -2.08. The topological polar surface area (TPSA) is 75.6 Å². The zero-order valence-corrected chi connectivity index (χ0v) is 11.2. The Bertz CT molecular complexity index is 428. The average Bonchev–Trinajstić information content (AvgIpc) is 2.39. The molecule has 1 atom stereocenters. The summed E-state index contributed by atoms with van der Waals surface area (Å²) in [5.74, 6) is -1.50. The lowest BCUT2D eigenvalue weighted by Crippen LogP contribution is -2.27. The van der Waals surface area contributed by atoms with E-state index in [2.05, 4.69) is 5.32 Å². The van der Waals surface area contributed by atoms with Crippen LogP contribution in [0.3, 0.4) is 0 Å². The van der Waals surface area contributed by atoms with Gasteiger partial charge in [0.1, 0.15) is 0 Å². The number of aliphatic carboxylic acids is 1. The zero-order valence-electron chi connectivity index (χ0n) is 11.2. The molecule has 0 saturated carbocycles. The number of hydrogen-bond donors (Lipinski definition) is 2. The molecule has 0 spiro atoms. The van der Waals surface area contributed by atoms with Crippen LogP contribution in [-0.4, -0.2) is 30.6 Å². The van der Waals surface area contributed by atoms with E-state index in [9.17, 15) is 9.59 Å². The molecular weight excluding hydrogens is 246 g/mol. The van der Waals surface area contributed by atoms with Gasteiger partial charge in [0.25, 0.3) is 5.91 Å². The van der Waals surface area contributed by atoms with E-state index in [4.69, 9.17) is 9.84 Å². The van der Waals surface area contributed by atoms with Gasteiger partial charge in [-0.2, -0.15) is 0 Å². The van der Waals surface area contributed by atoms with Crippen LogP contribution >= 0.6 is 0 Å². The van der Waals surface area contributed by atoms with Crippen LogP contribution in [0.25, 0.3) is 0 Å². The van der Waals surface area contributed by atoms with Gasteiger partial charge in [0.2, 0.25) is 0 Å². The van der Waals surface area contributed by atoms with Crippen molar-refractivity contribution in [1.29, 1.82) is 0 Å². The molecule has 1 amide bonds. The van der Waals surface area contributed by atoms with Gasteiger partial charge in [-0.3, -0.25) is 9.59 Å². The van der Waals surface area contributed by atoms with Crippen molar-refractivity contribution in [2.45, 2.75) is 20.0 Å². The summed E-state index contributed by atoms with van der Waals surface area (Å²) in [6, 6.07) is 7.12. The molecule has 104 valence electrons. The van der Waals surface area contributed by atoms with Crippen molar-refractivity contribution in [3.63, 3.8) is 0 Å². The molecule has 1 unspecified atom stereocenters. The highest BCUT2D eigenvalue weighted by Crippen LogP contribution is 2.06. The number of carbonyl (C=O) groups is 2. The fourth-order valence-corrected chi connectivity index (χ4v) is 1.55. The van der Waals surface area contributed by atoms with Gasteiger partial charge in [-0.1, -0.05) is 19.1 Å². The number of carbonyl (C=O) groups excluding carboxylic acids is 1. The molecule has 0 saturated heterocycles. The molecule has 2 N–H and O–H groups in total. The van der Waals surface area contributed by atoms with E-state index in [1.807, 2.05) is 12.1 Å². The van der Waals surface area contributed by atoms with Crippen LogP contribution in [0.1, 0.15) is 29.3 Å². The number of amides is 1. The molecule has 1 aromatic carbocycles. The smallest absolute Gasteiger partial charge is 0.306 e. The minimum atomic E-state index is -0.849. The van der Waals surface area contributed by atoms with Gasteiger partial charge in [0.15, 0.2) is 0 Å². The standard InChI is InChI=1S/C14H19NO4/c1-10(14(17)18)7-8-15-13(16)12-5-3-11(4-6-12)9-19-2/h3-6,10H,7-9H2,1-2H3,(H,15,16)(H,17,18). The van der Waals surface area contributed by atoms with Gasteiger partial charge in [-0.05, 0) is 24.1 Å². The second-order valence-electron chi connectivity index (χ2n) is 4.41. The number of hydrogen-bond acceptors (Lipinski definition) is 3. The molecular formula is C14H19NO4. The number of nitrogens with one attached hydrogen (secondary N) is 1. The predicted octanol–water partition coefficient (Wildman–Crippen LogP) is 1.67. The summed E-state index contributed by atoms with van der Waals surface area (Å²) in [5, 5.41) is 11.4. The Balaban J connectivity index is 2.43. The van der Waals surface area contributed by atoms with E-state index in [0.717, 1.165) is 5.56 Å². The first-order chi connectivity index (χ1) is 9.04.